The number of hydrogen-bond donors (Lipinski definition) is 0. The van der Waals surface area contributed by atoms with Crippen molar-refractivity contribution in [3.63, 3.8) is 0 Å². The number of nitrogens with zero attached hydrogens (tertiary/aromatic N) is 3. The van der Waals surface area contributed by atoms with Crippen LogP contribution in [0.2, 0.25) is 5.15 Å². The van der Waals surface area contributed by atoms with E-state index in [-0.39, 0.29) is 5.15 Å². The first kappa shape index (κ1) is 7.29. The van der Waals surface area contributed by atoms with Gasteiger partial charge in [-0.25, -0.2) is 4.79 Å². The molecule has 2 rings (SSSR count). The molecular weight excluding hydrogens is 202 g/mol. The summed E-state index contributed by atoms with van der Waals surface area (Å²) < 4.78 is 17.1. The normalized spacial score (nSPS) is 24.1. The molecule has 14 heavy (non-hydrogen) atoms. The lowest BCUT2D eigenvalue weighted by Crippen LogP contribution is -2.38. The standard InChI is InChI=1S/C9H12ClN3O/c1-9(2)5-13-7(12(9)3)4-6(10)11-8(13)14/h4H,5H2,1-3H3/i5D2. The van der Waals surface area contributed by atoms with E-state index in [1.54, 1.807) is 25.8 Å². The van der Waals surface area contributed by atoms with Crippen LogP contribution in [0.15, 0.2) is 10.9 Å². The highest BCUT2D eigenvalue weighted by molar-refractivity contribution is 6.29. The molecule has 4 nitrogen and oxygen atoms in total. The van der Waals surface area contributed by atoms with Crippen molar-refractivity contribution in [2.75, 3.05) is 11.9 Å². The monoisotopic (exact) mass is 215 g/mol. The quantitative estimate of drug-likeness (QED) is 0.609. The van der Waals surface area contributed by atoms with Crippen LogP contribution in [-0.4, -0.2) is 22.1 Å². The molecule has 1 aromatic heterocycles. The van der Waals surface area contributed by atoms with Crippen molar-refractivity contribution in [1.29, 1.82) is 0 Å². The number of anilines is 1. The molecule has 0 atom stereocenters. The molecule has 0 aliphatic carbocycles. The summed E-state index contributed by atoms with van der Waals surface area (Å²) >= 11 is 5.71. The van der Waals surface area contributed by atoms with Crippen molar-refractivity contribution in [1.82, 2.24) is 9.55 Å². The van der Waals surface area contributed by atoms with E-state index in [0.717, 1.165) is 4.57 Å². The van der Waals surface area contributed by atoms with Crippen molar-refractivity contribution >= 4 is 17.4 Å². The maximum atomic E-state index is 11.7. The van der Waals surface area contributed by atoms with Crippen LogP contribution in [-0.2, 0) is 6.50 Å². The molecular formula is C9H12ClN3O. The summed E-state index contributed by atoms with van der Waals surface area (Å²) in [6.07, 6.45) is 0. The highest BCUT2D eigenvalue weighted by atomic mass is 35.5. The third kappa shape index (κ3) is 1.21. The van der Waals surface area contributed by atoms with Crippen molar-refractivity contribution in [2.45, 2.75) is 25.9 Å². The van der Waals surface area contributed by atoms with Gasteiger partial charge < -0.3 is 4.90 Å². The number of rotatable bonds is 0. The molecule has 0 spiro atoms. The summed E-state index contributed by atoms with van der Waals surface area (Å²) in [7, 11) is 1.73. The van der Waals surface area contributed by atoms with Gasteiger partial charge in [0, 0.05) is 13.1 Å². The number of likely N-dealkylation sites (N-methyl/N-ethyl adjacent to an activating group) is 1. The topological polar surface area (TPSA) is 38.1 Å². The van der Waals surface area contributed by atoms with Gasteiger partial charge in [0.2, 0.25) is 0 Å². The average molecular weight is 216 g/mol. The summed E-state index contributed by atoms with van der Waals surface area (Å²) in [5, 5.41) is 0.0802. The van der Waals surface area contributed by atoms with Crippen LogP contribution >= 0.6 is 11.6 Å². The first-order valence-corrected chi connectivity index (χ1v) is 4.61. The fourth-order valence-electron chi connectivity index (χ4n) is 1.43. The van der Waals surface area contributed by atoms with E-state index < -0.39 is 17.7 Å². The van der Waals surface area contributed by atoms with E-state index in [1.807, 2.05) is 0 Å². The molecule has 1 aromatic rings. The maximum Gasteiger partial charge on any atom is 0.350 e. The van der Waals surface area contributed by atoms with Gasteiger partial charge in [-0.05, 0) is 13.8 Å². The van der Waals surface area contributed by atoms with Crippen LogP contribution in [0.3, 0.4) is 0 Å². The van der Waals surface area contributed by atoms with Gasteiger partial charge in [0.1, 0.15) is 11.0 Å². The summed E-state index contributed by atoms with van der Waals surface area (Å²) in [5.41, 5.74) is -1.49. The lowest BCUT2D eigenvalue weighted by atomic mass is 10.1. The first-order valence-electron chi connectivity index (χ1n) is 5.23. The molecule has 0 aromatic carbocycles. The van der Waals surface area contributed by atoms with Crippen LogP contribution in [0.1, 0.15) is 16.6 Å². The van der Waals surface area contributed by atoms with Gasteiger partial charge in [0.05, 0.1) is 14.8 Å². The maximum absolute atomic E-state index is 11.7. The first-order chi connectivity index (χ1) is 7.19. The minimum absolute atomic E-state index is 0.0802. The van der Waals surface area contributed by atoms with Gasteiger partial charge >= 0.3 is 5.69 Å². The van der Waals surface area contributed by atoms with Crippen LogP contribution in [0.25, 0.3) is 0 Å². The number of hydrogen-bond acceptors (Lipinski definition) is 3. The SMILES string of the molecule is [2H]C1([2H])n2c(cc(Cl)nc2=O)N(C)C1(C)C. The molecule has 1 aliphatic heterocycles. The molecule has 76 valence electrons. The van der Waals surface area contributed by atoms with Crippen molar-refractivity contribution < 1.29 is 2.74 Å². The number of aromatic nitrogens is 2. The molecule has 0 radical (unpaired) electrons. The predicted molar refractivity (Wildman–Crippen MR) is 56.0 cm³/mol. The van der Waals surface area contributed by atoms with Gasteiger partial charge in [-0.1, -0.05) is 11.6 Å². The van der Waals surface area contributed by atoms with Crippen LogP contribution in [0.4, 0.5) is 5.82 Å². The van der Waals surface area contributed by atoms with Gasteiger partial charge in [0.15, 0.2) is 0 Å². The Hall–Kier alpha value is -1.03. The number of fused-ring (bicyclic) bond motifs is 1. The van der Waals surface area contributed by atoms with Crippen LogP contribution in [0.5, 0.6) is 0 Å². The molecule has 0 fully saturated rings. The van der Waals surface area contributed by atoms with E-state index in [0.29, 0.717) is 5.82 Å². The molecule has 5 heteroatoms. The molecule has 0 bridgehead atoms. The van der Waals surface area contributed by atoms with E-state index >= 15 is 0 Å². The highest BCUT2D eigenvalue weighted by Gasteiger charge is 2.34. The Kier molecular flexibility index (Phi) is 1.42. The molecule has 0 unspecified atom stereocenters. The highest BCUT2D eigenvalue weighted by Crippen LogP contribution is 2.30. The second-order valence-corrected chi connectivity index (χ2v) is 4.17. The van der Waals surface area contributed by atoms with Crippen molar-refractivity contribution in [2.24, 2.45) is 0 Å². The molecule has 1 aliphatic rings. The summed E-state index contributed by atoms with van der Waals surface area (Å²) in [5.74, 6) is 0.444. The lowest BCUT2D eigenvalue weighted by molar-refractivity contribution is 0.466. The smallest absolute Gasteiger partial charge is 0.350 e. The Balaban J connectivity index is 2.83. The van der Waals surface area contributed by atoms with Gasteiger partial charge in [0.25, 0.3) is 0 Å². The summed E-state index contributed by atoms with van der Waals surface area (Å²) in [6, 6.07) is 1.50. The third-order valence-corrected chi connectivity index (χ3v) is 2.63. The van der Waals surface area contributed by atoms with Crippen LogP contribution < -0.4 is 10.6 Å². The van der Waals surface area contributed by atoms with E-state index in [4.69, 9.17) is 14.3 Å². The minimum Gasteiger partial charge on any atom is -0.354 e. The molecule has 0 saturated carbocycles. The Labute approximate surface area is 89.9 Å². The zero-order valence-electron chi connectivity index (χ0n) is 10.2. The van der Waals surface area contributed by atoms with Crippen LogP contribution in [0, 0.1) is 0 Å². The fraction of sp³-hybridized carbons (Fsp3) is 0.556. The van der Waals surface area contributed by atoms with E-state index in [2.05, 4.69) is 4.98 Å². The second kappa shape index (κ2) is 2.73. The van der Waals surface area contributed by atoms with E-state index in [9.17, 15) is 4.79 Å². The van der Waals surface area contributed by atoms with Crippen molar-refractivity contribution in [3.8, 4) is 0 Å². The van der Waals surface area contributed by atoms with E-state index in [1.165, 1.54) is 6.07 Å². The predicted octanol–water partition coefficient (Wildman–Crippen LogP) is 1.13. The average Bonchev–Trinajstić information content (AvgIpc) is 2.25. The van der Waals surface area contributed by atoms with Crippen molar-refractivity contribution in [3.05, 3.63) is 21.7 Å². The summed E-state index contributed by atoms with van der Waals surface area (Å²) in [6.45, 7) is 1.65. The largest absolute Gasteiger partial charge is 0.354 e. The zero-order chi connectivity index (χ0) is 12.3. The summed E-state index contributed by atoms with van der Waals surface area (Å²) in [4.78, 5) is 16.9. The number of halogens is 1. The second-order valence-electron chi connectivity index (χ2n) is 3.78. The molecule has 0 amide bonds. The lowest BCUT2D eigenvalue weighted by Gasteiger charge is -2.28. The van der Waals surface area contributed by atoms with Gasteiger partial charge in [-0.3, -0.25) is 4.57 Å². The third-order valence-electron chi connectivity index (χ3n) is 2.44. The Bertz CT molecular complexity index is 512. The Morgan fingerprint density at radius 2 is 2.36 bits per heavy atom. The molecule has 2 heterocycles. The fourth-order valence-corrected chi connectivity index (χ4v) is 1.60. The Morgan fingerprint density at radius 3 is 3.00 bits per heavy atom. The van der Waals surface area contributed by atoms with Gasteiger partial charge in [-0.15, -0.1) is 0 Å². The van der Waals surface area contributed by atoms with Gasteiger partial charge in [-0.2, -0.15) is 4.98 Å². The minimum atomic E-state index is -1.81. The Morgan fingerprint density at radius 1 is 1.71 bits per heavy atom. The molecule has 0 N–H and O–H groups in total. The molecule has 0 saturated heterocycles. The zero-order valence-corrected chi connectivity index (χ0v) is 8.96.